The van der Waals surface area contributed by atoms with Gasteiger partial charge in [-0.15, -0.1) is 0 Å². The number of carbonyl (C=O) groups excluding carboxylic acids is 1. The SMILES string of the molecule is CCN(C(=O)Cc1c(C)noc1C)C1CCCCC1CN. The van der Waals surface area contributed by atoms with E-state index in [9.17, 15) is 4.79 Å². The van der Waals surface area contributed by atoms with Crippen molar-refractivity contribution in [2.24, 2.45) is 11.7 Å². The van der Waals surface area contributed by atoms with Crippen LogP contribution in [0.25, 0.3) is 0 Å². The van der Waals surface area contributed by atoms with Crippen LogP contribution in [0, 0.1) is 19.8 Å². The zero-order chi connectivity index (χ0) is 15.4. The van der Waals surface area contributed by atoms with Gasteiger partial charge in [0, 0.05) is 18.2 Å². The van der Waals surface area contributed by atoms with Crippen LogP contribution in [-0.2, 0) is 11.2 Å². The summed E-state index contributed by atoms with van der Waals surface area (Å²) in [6.07, 6.45) is 5.01. The molecule has 1 aliphatic rings. The van der Waals surface area contributed by atoms with Crippen LogP contribution >= 0.6 is 0 Å². The summed E-state index contributed by atoms with van der Waals surface area (Å²) in [6.45, 7) is 7.21. The van der Waals surface area contributed by atoms with Crippen LogP contribution in [0.15, 0.2) is 4.52 Å². The lowest BCUT2D eigenvalue weighted by atomic mass is 9.83. The molecule has 0 radical (unpaired) electrons. The molecule has 0 bridgehead atoms. The van der Waals surface area contributed by atoms with Gasteiger partial charge in [-0.25, -0.2) is 0 Å². The summed E-state index contributed by atoms with van der Waals surface area (Å²) in [6, 6.07) is 0.293. The van der Waals surface area contributed by atoms with Gasteiger partial charge in [-0.1, -0.05) is 18.0 Å². The minimum atomic E-state index is 0.164. The normalized spacial score (nSPS) is 22.3. The van der Waals surface area contributed by atoms with E-state index in [1.165, 1.54) is 12.8 Å². The van der Waals surface area contributed by atoms with Gasteiger partial charge in [0.1, 0.15) is 5.76 Å². The number of rotatable bonds is 5. The maximum atomic E-state index is 12.7. The first-order valence-electron chi connectivity index (χ1n) is 7.99. The topological polar surface area (TPSA) is 72.4 Å². The summed E-state index contributed by atoms with van der Waals surface area (Å²) in [4.78, 5) is 14.7. The Kier molecular flexibility index (Phi) is 5.39. The highest BCUT2D eigenvalue weighted by atomic mass is 16.5. The Labute approximate surface area is 126 Å². The number of aryl methyl sites for hydroxylation is 2. The third kappa shape index (κ3) is 3.46. The molecule has 21 heavy (non-hydrogen) atoms. The monoisotopic (exact) mass is 293 g/mol. The molecule has 0 aromatic carbocycles. The minimum absolute atomic E-state index is 0.164. The van der Waals surface area contributed by atoms with Crippen molar-refractivity contribution in [1.29, 1.82) is 0 Å². The molecule has 1 aliphatic carbocycles. The van der Waals surface area contributed by atoms with E-state index in [1.807, 2.05) is 25.7 Å². The molecule has 0 aliphatic heterocycles. The van der Waals surface area contributed by atoms with E-state index in [1.54, 1.807) is 0 Å². The molecular weight excluding hydrogens is 266 g/mol. The largest absolute Gasteiger partial charge is 0.361 e. The average Bonchev–Trinajstić information content (AvgIpc) is 2.80. The summed E-state index contributed by atoms with van der Waals surface area (Å²) in [5.41, 5.74) is 7.65. The molecule has 1 aromatic rings. The molecule has 1 fully saturated rings. The van der Waals surface area contributed by atoms with Crippen LogP contribution in [-0.4, -0.2) is 35.1 Å². The number of hydrogen-bond donors (Lipinski definition) is 1. The third-order valence-electron chi connectivity index (χ3n) is 4.74. The molecule has 2 unspecified atom stereocenters. The zero-order valence-electron chi connectivity index (χ0n) is 13.4. The number of amides is 1. The summed E-state index contributed by atoms with van der Waals surface area (Å²) >= 11 is 0. The van der Waals surface area contributed by atoms with Crippen molar-refractivity contribution in [3.63, 3.8) is 0 Å². The first-order valence-corrected chi connectivity index (χ1v) is 7.99. The van der Waals surface area contributed by atoms with Gasteiger partial charge in [0.25, 0.3) is 0 Å². The Morgan fingerprint density at radius 3 is 2.67 bits per heavy atom. The van der Waals surface area contributed by atoms with Gasteiger partial charge >= 0.3 is 0 Å². The van der Waals surface area contributed by atoms with Crippen molar-refractivity contribution in [3.8, 4) is 0 Å². The Balaban J connectivity index is 2.11. The van der Waals surface area contributed by atoms with Gasteiger partial charge in [-0.3, -0.25) is 4.79 Å². The summed E-state index contributed by atoms with van der Waals surface area (Å²) in [7, 11) is 0. The number of aromatic nitrogens is 1. The molecule has 2 rings (SSSR count). The number of hydrogen-bond acceptors (Lipinski definition) is 4. The highest BCUT2D eigenvalue weighted by Crippen LogP contribution is 2.28. The van der Waals surface area contributed by atoms with Crippen LogP contribution in [0.1, 0.15) is 49.6 Å². The van der Waals surface area contributed by atoms with Crippen molar-refractivity contribution < 1.29 is 9.32 Å². The Morgan fingerprint density at radius 2 is 2.10 bits per heavy atom. The predicted octanol–water partition coefficient (Wildman–Crippen LogP) is 2.20. The fraction of sp³-hybridized carbons (Fsp3) is 0.750. The van der Waals surface area contributed by atoms with Crippen LogP contribution in [0.4, 0.5) is 0 Å². The van der Waals surface area contributed by atoms with Crippen LogP contribution in [0.5, 0.6) is 0 Å². The average molecular weight is 293 g/mol. The number of nitrogens with zero attached hydrogens (tertiary/aromatic N) is 2. The number of nitrogens with two attached hydrogens (primary N) is 1. The molecule has 5 heteroatoms. The second kappa shape index (κ2) is 7.07. The Hall–Kier alpha value is -1.36. The van der Waals surface area contributed by atoms with E-state index >= 15 is 0 Å². The van der Waals surface area contributed by atoms with E-state index < -0.39 is 0 Å². The molecule has 5 nitrogen and oxygen atoms in total. The van der Waals surface area contributed by atoms with Gasteiger partial charge in [-0.05, 0) is 46.1 Å². The van der Waals surface area contributed by atoms with E-state index in [0.29, 0.717) is 24.9 Å². The first-order chi connectivity index (χ1) is 10.1. The Bertz CT molecular complexity index is 464. The van der Waals surface area contributed by atoms with Gasteiger partial charge in [-0.2, -0.15) is 0 Å². The van der Waals surface area contributed by atoms with Crippen LogP contribution < -0.4 is 5.73 Å². The van der Waals surface area contributed by atoms with E-state index in [0.717, 1.165) is 36.4 Å². The molecule has 2 N–H and O–H groups in total. The maximum absolute atomic E-state index is 12.7. The van der Waals surface area contributed by atoms with Crippen molar-refractivity contribution in [2.75, 3.05) is 13.1 Å². The number of carbonyl (C=O) groups is 1. The first kappa shape index (κ1) is 16.0. The second-order valence-corrected chi connectivity index (χ2v) is 6.01. The maximum Gasteiger partial charge on any atom is 0.227 e. The number of likely N-dealkylation sites (N-methyl/N-ethyl adjacent to an activating group) is 1. The van der Waals surface area contributed by atoms with Gasteiger partial charge in [0.05, 0.1) is 12.1 Å². The quantitative estimate of drug-likeness (QED) is 0.903. The molecule has 1 saturated carbocycles. The minimum Gasteiger partial charge on any atom is -0.361 e. The fourth-order valence-corrected chi connectivity index (χ4v) is 3.48. The summed E-state index contributed by atoms with van der Waals surface area (Å²) in [5, 5.41) is 3.93. The predicted molar refractivity (Wildman–Crippen MR) is 81.9 cm³/mol. The van der Waals surface area contributed by atoms with Crippen molar-refractivity contribution in [2.45, 2.75) is 58.9 Å². The highest BCUT2D eigenvalue weighted by Gasteiger charge is 2.31. The van der Waals surface area contributed by atoms with E-state index in [2.05, 4.69) is 5.16 Å². The zero-order valence-corrected chi connectivity index (χ0v) is 13.4. The molecule has 2 atom stereocenters. The van der Waals surface area contributed by atoms with Gasteiger partial charge in [0.2, 0.25) is 5.91 Å². The smallest absolute Gasteiger partial charge is 0.227 e. The van der Waals surface area contributed by atoms with Crippen molar-refractivity contribution in [1.82, 2.24) is 10.1 Å². The molecule has 1 amide bonds. The summed E-state index contributed by atoms with van der Waals surface area (Å²) in [5.74, 6) is 1.35. The Morgan fingerprint density at radius 1 is 1.38 bits per heavy atom. The second-order valence-electron chi connectivity index (χ2n) is 6.01. The van der Waals surface area contributed by atoms with Crippen LogP contribution in [0.2, 0.25) is 0 Å². The molecular formula is C16H27N3O2. The third-order valence-corrected chi connectivity index (χ3v) is 4.74. The lowest BCUT2D eigenvalue weighted by molar-refractivity contribution is -0.134. The highest BCUT2D eigenvalue weighted by molar-refractivity contribution is 5.79. The van der Waals surface area contributed by atoms with E-state index in [-0.39, 0.29) is 5.91 Å². The molecule has 0 saturated heterocycles. The van der Waals surface area contributed by atoms with Crippen molar-refractivity contribution in [3.05, 3.63) is 17.0 Å². The fourth-order valence-electron chi connectivity index (χ4n) is 3.48. The van der Waals surface area contributed by atoms with Crippen LogP contribution in [0.3, 0.4) is 0 Å². The lowest BCUT2D eigenvalue weighted by Crippen LogP contribution is -2.48. The van der Waals surface area contributed by atoms with E-state index in [4.69, 9.17) is 10.3 Å². The molecule has 1 heterocycles. The molecule has 1 aromatic heterocycles. The standard InChI is InChI=1S/C16H27N3O2/c1-4-19(15-8-6-5-7-13(15)10-17)16(20)9-14-11(2)18-21-12(14)3/h13,15H,4-10,17H2,1-3H3. The lowest BCUT2D eigenvalue weighted by Gasteiger charge is -2.39. The van der Waals surface area contributed by atoms with Gasteiger partial charge in [0.15, 0.2) is 0 Å². The summed E-state index contributed by atoms with van der Waals surface area (Å²) < 4.78 is 5.16. The molecule has 118 valence electrons. The van der Waals surface area contributed by atoms with Gasteiger partial charge < -0.3 is 15.2 Å². The molecule has 0 spiro atoms. The van der Waals surface area contributed by atoms with Crippen molar-refractivity contribution >= 4 is 5.91 Å².